The smallest absolute Gasteiger partial charge is 0.253 e. The highest BCUT2D eigenvalue weighted by Crippen LogP contribution is 2.34. The molecular formula is C22H26ClNO4S. The number of carbonyl (C=O) groups is 1. The van der Waals surface area contributed by atoms with E-state index in [2.05, 4.69) is 6.92 Å². The van der Waals surface area contributed by atoms with Gasteiger partial charge >= 0.3 is 0 Å². The van der Waals surface area contributed by atoms with Gasteiger partial charge < -0.3 is 9.64 Å². The molecule has 2 aromatic rings. The molecule has 0 N–H and O–H groups in total. The van der Waals surface area contributed by atoms with Crippen molar-refractivity contribution in [3.8, 4) is 5.75 Å². The number of rotatable bonds is 6. The van der Waals surface area contributed by atoms with Crippen LogP contribution in [0.2, 0.25) is 5.02 Å². The van der Waals surface area contributed by atoms with Crippen LogP contribution in [-0.2, 0) is 9.84 Å². The fourth-order valence-electron chi connectivity index (χ4n) is 3.44. The number of benzene rings is 2. The number of unbranched alkanes of at least 4 members (excludes halogenated alkanes) is 1. The van der Waals surface area contributed by atoms with Gasteiger partial charge in [-0.05, 0) is 48.7 Å². The van der Waals surface area contributed by atoms with Gasteiger partial charge in [0.1, 0.15) is 5.75 Å². The Balaban J connectivity index is 1.71. The molecule has 1 unspecified atom stereocenters. The Kier molecular flexibility index (Phi) is 7.19. The average Bonchev–Trinajstić information content (AvgIpc) is 2.87. The molecule has 3 rings (SSSR count). The molecule has 1 saturated heterocycles. The third-order valence-electron chi connectivity index (χ3n) is 5.15. The third kappa shape index (κ3) is 5.31. The van der Waals surface area contributed by atoms with Gasteiger partial charge in [0.05, 0.1) is 17.6 Å². The van der Waals surface area contributed by atoms with E-state index >= 15 is 0 Å². The maximum Gasteiger partial charge on any atom is 0.253 e. The third-order valence-corrected chi connectivity index (χ3v) is 7.60. The highest BCUT2D eigenvalue weighted by Gasteiger charge is 2.33. The minimum atomic E-state index is -3.40. The molecule has 0 spiro atoms. The second-order valence-electron chi connectivity index (χ2n) is 7.18. The van der Waals surface area contributed by atoms with Crippen LogP contribution < -0.4 is 4.74 Å². The van der Waals surface area contributed by atoms with Crippen LogP contribution in [0.3, 0.4) is 0 Å². The van der Waals surface area contributed by atoms with E-state index < -0.39 is 15.1 Å². The van der Waals surface area contributed by atoms with Gasteiger partial charge in [0.25, 0.3) is 5.91 Å². The first-order valence-corrected chi connectivity index (χ1v) is 12.0. The largest absolute Gasteiger partial charge is 0.494 e. The lowest BCUT2D eigenvalue weighted by Gasteiger charge is -2.20. The number of halogens is 1. The van der Waals surface area contributed by atoms with E-state index in [4.69, 9.17) is 16.3 Å². The summed E-state index contributed by atoms with van der Waals surface area (Å²) in [6.07, 6.45) is 2.37. The molecule has 0 radical (unpaired) electrons. The summed E-state index contributed by atoms with van der Waals surface area (Å²) in [5.41, 5.74) is 1.14. The van der Waals surface area contributed by atoms with Gasteiger partial charge in [0, 0.05) is 23.7 Å². The van der Waals surface area contributed by atoms with Crippen molar-refractivity contribution in [2.45, 2.75) is 31.4 Å². The van der Waals surface area contributed by atoms with Crippen molar-refractivity contribution in [2.24, 2.45) is 0 Å². The van der Waals surface area contributed by atoms with Crippen LogP contribution >= 0.6 is 11.6 Å². The van der Waals surface area contributed by atoms with Crippen molar-refractivity contribution in [1.29, 1.82) is 0 Å². The van der Waals surface area contributed by atoms with Gasteiger partial charge in [0.2, 0.25) is 0 Å². The predicted molar refractivity (Wildman–Crippen MR) is 115 cm³/mol. The van der Waals surface area contributed by atoms with E-state index in [0.717, 1.165) is 18.6 Å². The summed E-state index contributed by atoms with van der Waals surface area (Å²) in [5.74, 6) is 0.486. The average molecular weight is 436 g/mol. The lowest BCUT2D eigenvalue weighted by molar-refractivity contribution is 0.0766. The Morgan fingerprint density at radius 1 is 1.14 bits per heavy atom. The highest BCUT2D eigenvalue weighted by atomic mass is 35.5. The molecule has 0 bridgehead atoms. The highest BCUT2D eigenvalue weighted by molar-refractivity contribution is 7.91. The molecule has 29 heavy (non-hydrogen) atoms. The van der Waals surface area contributed by atoms with Crippen LogP contribution in [0.4, 0.5) is 0 Å². The summed E-state index contributed by atoms with van der Waals surface area (Å²) in [7, 11) is -3.40. The number of ether oxygens (including phenoxy) is 1. The fraction of sp³-hybridized carbons (Fsp3) is 0.409. The molecule has 0 aliphatic carbocycles. The number of amides is 1. The molecule has 7 heteroatoms. The second kappa shape index (κ2) is 9.63. The zero-order valence-electron chi connectivity index (χ0n) is 16.5. The molecule has 0 aromatic heterocycles. The standard InChI is InChI=1S/C22H26ClNO4S/c1-2-3-15-28-18-10-8-17(9-11-18)22(25)24-13-12-21(29(26,27)16-14-24)19-6-4-5-7-20(19)23/h4-11,21H,2-3,12-16H2,1H3. The second-order valence-corrected chi connectivity index (χ2v) is 9.89. The molecule has 1 atom stereocenters. The van der Waals surface area contributed by atoms with Crippen LogP contribution in [0.25, 0.3) is 0 Å². The van der Waals surface area contributed by atoms with E-state index in [1.165, 1.54) is 0 Å². The molecule has 1 heterocycles. The molecule has 1 aliphatic heterocycles. The van der Waals surface area contributed by atoms with E-state index in [1.54, 1.807) is 53.4 Å². The monoisotopic (exact) mass is 435 g/mol. The maximum absolute atomic E-state index is 12.9. The molecule has 156 valence electrons. The normalized spacial score (nSPS) is 18.8. The molecular weight excluding hydrogens is 410 g/mol. The topological polar surface area (TPSA) is 63.7 Å². The Hall–Kier alpha value is -2.05. The van der Waals surface area contributed by atoms with Crippen LogP contribution in [0.5, 0.6) is 5.75 Å². The fourth-order valence-corrected chi connectivity index (χ4v) is 5.59. The van der Waals surface area contributed by atoms with Gasteiger partial charge in [-0.25, -0.2) is 8.42 Å². The van der Waals surface area contributed by atoms with E-state index in [9.17, 15) is 13.2 Å². The first kappa shape index (κ1) is 21.7. The minimum Gasteiger partial charge on any atom is -0.494 e. The van der Waals surface area contributed by atoms with Crippen molar-refractivity contribution in [2.75, 3.05) is 25.4 Å². The van der Waals surface area contributed by atoms with E-state index in [0.29, 0.717) is 35.7 Å². The lowest BCUT2D eigenvalue weighted by atomic mass is 10.1. The van der Waals surface area contributed by atoms with Crippen LogP contribution in [0.1, 0.15) is 47.4 Å². The Morgan fingerprint density at radius 2 is 1.86 bits per heavy atom. The summed E-state index contributed by atoms with van der Waals surface area (Å²) < 4.78 is 31.3. The molecule has 1 fully saturated rings. The Labute approximate surface area is 177 Å². The Morgan fingerprint density at radius 3 is 2.55 bits per heavy atom. The molecule has 0 saturated carbocycles. The number of nitrogens with zero attached hydrogens (tertiary/aromatic N) is 1. The number of carbonyl (C=O) groups excluding carboxylic acids is 1. The molecule has 2 aromatic carbocycles. The predicted octanol–water partition coefficient (Wildman–Crippen LogP) is 4.52. The minimum absolute atomic E-state index is 0.0765. The summed E-state index contributed by atoms with van der Waals surface area (Å²) in [6, 6.07) is 14.0. The summed E-state index contributed by atoms with van der Waals surface area (Å²) in [6.45, 7) is 3.29. The number of hydrogen-bond acceptors (Lipinski definition) is 4. The summed E-state index contributed by atoms with van der Waals surface area (Å²) in [5, 5.41) is -0.247. The molecule has 5 nitrogen and oxygen atoms in total. The van der Waals surface area contributed by atoms with Crippen molar-refractivity contribution >= 4 is 27.3 Å². The quantitative estimate of drug-likeness (QED) is 0.626. The first-order chi connectivity index (χ1) is 13.9. The van der Waals surface area contributed by atoms with Crippen molar-refractivity contribution in [3.63, 3.8) is 0 Å². The van der Waals surface area contributed by atoms with Crippen LogP contribution in [0, 0.1) is 0 Å². The van der Waals surface area contributed by atoms with Gasteiger partial charge in [-0.3, -0.25) is 4.79 Å². The van der Waals surface area contributed by atoms with Gasteiger partial charge in [-0.2, -0.15) is 0 Å². The zero-order valence-corrected chi connectivity index (χ0v) is 18.1. The number of hydrogen-bond donors (Lipinski definition) is 0. The SMILES string of the molecule is CCCCOc1ccc(C(=O)N2CCC(c3ccccc3Cl)S(=O)(=O)CC2)cc1. The van der Waals surface area contributed by atoms with Gasteiger partial charge in [0.15, 0.2) is 9.84 Å². The summed E-state index contributed by atoms with van der Waals surface area (Å²) in [4.78, 5) is 14.5. The van der Waals surface area contributed by atoms with Gasteiger partial charge in [-0.15, -0.1) is 0 Å². The van der Waals surface area contributed by atoms with Crippen LogP contribution in [0.15, 0.2) is 48.5 Å². The van der Waals surface area contributed by atoms with Crippen molar-refractivity contribution in [3.05, 3.63) is 64.7 Å². The van der Waals surface area contributed by atoms with Gasteiger partial charge in [-0.1, -0.05) is 43.1 Å². The maximum atomic E-state index is 12.9. The molecule has 1 amide bonds. The van der Waals surface area contributed by atoms with Crippen molar-refractivity contribution < 1.29 is 17.9 Å². The molecule has 1 aliphatic rings. The summed E-state index contributed by atoms with van der Waals surface area (Å²) >= 11 is 6.24. The first-order valence-electron chi connectivity index (χ1n) is 9.90. The zero-order chi connectivity index (χ0) is 20.9. The van der Waals surface area contributed by atoms with E-state index in [1.807, 2.05) is 0 Å². The Bertz CT molecular complexity index is 944. The van der Waals surface area contributed by atoms with Crippen LogP contribution in [-0.4, -0.2) is 44.7 Å². The lowest BCUT2D eigenvalue weighted by Crippen LogP contribution is -2.33. The van der Waals surface area contributed by atoms with Crippen molar-refractivity contribution in [1.82, 2.24) is 4.90 Å². The van der Waals surface area contributed by atoms with E-state index in [-0.39, 0.29) is 18.2 Å². The number of sulfone groups is 1.